The first kappa shape index (κ1) is 8.87. The summed E-state index contributed by atoms with van der Waals surface area (Å²) in [4.78, 5) is 0. The smallest absolute Gasteiger partial charge is 0.120 e. The zero-order valence-electron chi connectivity index (χ0n) is 6.34. The summed E-state index contributed by atoms with van der Waals surface area (Å²) in [6, 6.07) is 4.73. The fourth-order valence-electron chi connectivity index (χ4n) is 0.892. The molecule has 1 rings (SSSR count). The normalized spacial score (nSPS) is 9.75. The Balaban J connectivity index is 2.93. The first-order chi connectivity index (χ1) is 5.59. The highest BCUT2D eigenvalue weighted by Crippen LogP contribution is 2.21. The first-order valence-electron chi connectivity index (χ1n) is 3.40. The van der Waals surface area contributed by atoms with Crippen molar-refractivity contribution < 1.29 is 5.11 Å². The predicted molar refractivity (Wildman–Crippen MR) is 48.7 cm³/mol. The maximum absolute atomic E-state index is 9.30. The van der Waals surface area contributed by atoms with Gasteiger partial charge in [0.15, 0.2) is 0 Å². The number of phenols is 1. The number of amidine groups is 1. The number of nitrogens with one attached hydrogen (secondary N) is 1. The molecule has 12 heavy (non-hydrogen) atoms. The number of aromatic hydroxyl groups is 1. The van der Waals surface area contributed by atoms with E-state index in [0.29, 0.717) is 10.6 Å². The second kappa shape index (κ2) is 3.45. The van der Waals surface area contributed by atoms with E-state index in [-0.39, 0.29) is 18.0 Å². The minimum atomic E-state index is 0.0209. The quantitative estimate of drug-likeness (QED) is 0.482. The molecule has 0 spiro atoms. The summed E-state index contributed by atoms with van der Waals surface area (Å²) in [6.07, 6.45) is 0.253. The van der Waals surface area contributed by atoms with E-state index in [1.165, 1.54) is 6.07 Å². The zero-order chi connectivity index (χ0) is 9.14. The third-order valence-electron chi connectivity index (χ3n) is 1.43. The number of halogens is 1. The van der Waals surface area contributed by atoms with Gasteiger partial charge in [-0.15, -0.1) is 0 Å². The van der Waals surface area contributed by atoms with Crippen LogP contribution in [0.5, 0.6) is 5.75 Å². The third kappa shape index (κ3) is 2.13. The Kier molecular flexibility index (Phi) is 2.55. The molecule has 0 amide bonds. The van der Waals surface area contributed by atoms with Crippen LogP contribution in [0.3, 0.4) is 0 Å². The minimum absolute atomic E-state index is 0.0209. The first-order valence-corrected chi connectivity index (χ1v) is 3.77. The van der Waals surface area contributed by atoms with Gasteiger partial charge >= 0.3 is 0 Å². The van der Waals surface area contributed by atoms with Crippen LogP contribution in [0.4, 0.5) is 0 Å². The molecule has 3 nitrogen and oxygen atoms in total. The van der Waals surface area contributed by atoms with Gasteiger partial charge in [-0.25, -0.2) is 0 Å². The molecule has 0 atom stereocenters. The average Bonchev–Trinajstić information content (AvgIpc) is 1.94. The molecule has 0 aliphatic carbocycles. The molecule has 0 saturated heterocycles. The van der Waals surface area contributed by atoms with E-state index >= 15 is 0 Å². The van der Waals surface area contributed by atoms with Crippen LogP contribution in [-0.2, 0) is 6.42 Å². The lowest BCUT2D eigenvalue weighted by Crippen LogP contribution is -2.12. The van der Waals surface area contributed by atoms with E-state index in [1.807, 2.05) is 0 Å². The number of rotatable bonds is 2. The Morgan fingerprint density at radius 2 is 2.25 bits per heavy atom. The molecule has 0 aliphatic heterocycles. The zero-order valence-corrected chi connectivity index (χ0v) is 7.10. The lowest BCUT2D eigenvalue weighted by molar-refractivity contribution is 0.470. The van der Waals surface area contributed by atoms with Crippen LogP contribution in [0.2, 0.25) is 5.02 Å². The molecule has 64 valence electrons. The summed E-state index contributed by atoms with van der Waals surface area (Å²) < 4.78 is 0. The van der Waals surface area contributed by atoms with Crippen molar-refractivity contribution in [3.8, 4) is 5.75 Å². The Morgan fingerprint density at radius 1 is 1.58 bits per heavy atom. The minimum Gasteiger partial charge on any atom is -0.508 e. The van der Waals surface area contributed by atoms with Gasteiger partial charge in [0.05, 0.1) is 5.84 Å². The molecule has 0 aromatic heterocycles. The van der Waals surface area contributed by atoms with Crippen LogP contribution in [0.1, 0.15) is 5.56 Å². The van der Waals surface area contributed by atoms with E-state index in [4.69, 9.17) is 22.7 Å². The van der Waals surface area contributed by atoms with Gasteiger partial charge in [-0.2, -0.15) is 0 Å². The standard InChI is InChI=1S/C8H9ClN2O/c9-6-2-1-5(3-8(10)11)7(12)4-6/h1-2,4,12H,3H2,(H3,10,11). The summed E-state index contributed by atoms with van der Waals surface area (Å²) in [6.45, 7) is 0. The van der Waals surface area contributed by atoms with Crippen LogP contribution in [0.15, 0.2) is 18.2 Å². The summed E-state index contributed by atoms with van der Waals surface area (Å²) in [5.41, 5.74) is 5.79. The van der Waals surface area contributed by atoms with Crippen LogP contribution < -0.4 is 5.73 Å². The number of hydrogen-bond donors (Lipinski definition) is 3. The van der Waals surface area contributed by atoms with Crippen molar-refractivity contribution in [2.75, 3.05) is 0 Å². The Morgan fingerprint density at radius 3 is 2.75 bits per heavy atom. The largest absolute Gasteiger partial charge is 0.508 e. The summed E-state index contributed by atoms with van der Waals surface area (Å²) in [5, 5.41) is 16.8. The van der Waals surface area contributed by atoms with E-state index in [2.05, 4.69) is 0 Å². The maximum Gasteiger partial charge on any atom is 0.120 e. The molecule has 0 fully saturated rings. The van der Waals surface area contributed by atoms with E-state index in [1.54, 1.807) is 12.1 Å². The van der Waals surface area contributed by atoms with Crippen molar-refractivity contribution >= 4 is 17.4 Å². The summed E-state index contributed by atoms with van der Waals surface area (Å²) in [7, 11) is 0. The fourth-order valence-corrected chi connectivity index (χ4v) is 1.06. The van der Waals surface area contributed by atoms with Gasteiger partial charge < -0.3 is 10.8 Å². The SMILES string of the molecule is N=C(N)Cc1ccc(Cl)cc1O. The van der Waals surface area contributed by atoms with Gasteiger partial charge in [0.1, 0.15) is 5.75 Å². The van der Waals surface area contributed by atoms with Gasteiger partial charge in [-0.1, -0.05) is 17.7 Å². The molecule has 0 aliphatic rings. The lowest BCUT2D eigenvalue weighted by Gasteiger charge is -2.02. The molecule has 4 N–H and O–H groups in total. The second-order valence-corrected chi connectivity index (χ2v) is 2.91. The van der Waals surface area contributed by atoms with Crippen molar-refractivity contribution in [1.29, 1.82) is 5.41 Å². The van der Waals surface area contributed by atoms with E-state index in [0.717, 1.165) is 0 Å². The molecule has 1 aromatic rings. The molecule has 0 bridgehead atoms. The Hall–Kier alpha value is -1.22. The van der Waals surface area contributed by atoms with E-state index in [9.17, 15) is 5.11 Å². The van der Waals surface area contributed by atoms with Crippen molar-refractivity contribution in [2.24, 2.45) is 5.73 Å². The number of benzene rings is 1. The number of hydrogen-bond acceptors (Lipinski definition) is 2. The van der Waals surface area contributed by atoms with Crippen molar-refractivity contribution in [2.45, 2.75) is 6.42 Å². The molecule has 1 aromatic carbocycles. The highest BCUT2D eigenvalue weighted by Gasteiger charge is 2.02. The lowest BCUT2D eigenvalue weighted by atomic mass is 10.1. The second-order valence-electron chi connectivity index (χ2n) is 2.48. The molecule has 0 radical (unpaired) electrons. The molecule has 4 heteroatoms. The Bertz CT molecular complexity index is 312. The van der Waals surface area contributed by atoms with Crippen LogP contribution in [-0.4, -0.2) is 10.9 Å². The maximum atomic E-state index is 9.30. The average molecular weight is 185 g/mol. The van der Waals surface area contributed by atoms with Gasteiger partial charge in [0.2, 0.25) is 0 Å². The number of nitrogens with two attached hydrogens (primary N) is 1. The highest BCUT2D eigenvalue weighted by atomic mass is 35.5. The van der Waals surface area contributed by atoms with Gasteiger partial charge in [-0.3, -0.25) is 5.41 Å². The fraction of sp³-hybridized carbons (Fsp3) is 0.125. The molecular weight excluding hydrogens is 176 g/mol. The van der Waals surface area contributed by atoms with E-state index < -0.39 is 0 Å². The van der Waals surface area contributed by atoms with Crippen LogP contribution in [0, 0.1) is 5.41 Å². The Labute approximate surface area is 75.3 Å². The van der Waals surface area contributed by atoms with Crippen molar-refractivity contribution in [3.05, 3.63) is 28.8 Å². The predicted octanol–water partition coefficient (Wildman–Crippen LogP) is 1.52. The summed E-state index contributed by atoms with van der Waals surface area (Å²) >= 11 is 5.61. The highest BCUT2D eigenvalue weighted by molar-refractivity contribution is 6.30. The van der Waals surface area contributed by atoms with Crippen molar-refractivity contribution in [3.63, 3.8) is 0 Å². The van der Waals surface area contributed by atoms with Crippen molar-refractivity contribution in [1.82, 2.24) is 0 Å². The molecule has 0 heterocycles. The monoisotopic (exact) mass is 184 g/mol. The third-order valence-corrected chi connectivity index (χ3v) is 1.66. The van der Waals surface area contributed by atoms with Gasteiger partial charge in [0.25, 0.3) is 0 Å². The topological polar surface area (TPSA) is 70.1 Å². The van der Waals surface area contributed by atoms with Crippen LogP contribution >= 0.6 is 11.6 Å². The molecular formula is C8H9ClN2O. The molecule has 0 saturated carbocycles. The number of phenolic OH excluding ortho intramolecular Hbond substituents is 1. The van der Waals surface area contributed by atoms with Crippen LogP contribution in [0.25, 0.3) is 0 Å². The summed E-state index contributed by atoms with van der Waals surface area (Å²) in [5.74, 6) is 0.102. The van der Waals surface area contributed by atoms with Gasteiger partial charge in [0, 0.05) is 17.0 Å². The molecule has 0 unspecified atom stereocenters. The van der Waals surface area contributed by atoms with Gasteiger partial charge in [-0.05, 0) is 12.1 Å².